The van der Waals surface area contributed by atoms with E-state index >= 15 is 0 Å². The molecule has 0 aliphatic rings. The number of hydrogen-bond donors (Lipinski definition) is 1. The Balaban J connectivity index is 2.17. The van der Waals surface area contributed by atoms with Gasteiger partial charge in [-0.3, -0.25) is 4.79 Å². The van der Waals surface area contributed by atoms with E-state index in [1.165, 1.54) is 10.4 Å². The van der Waals surface area contributed by atoms with Crippen molar-refractivity contribution in [3.8, 4) is 0 Å². The van der Waals surface area contributed by atoms with Crippen molar-refractivity contribution in [1.29, 1.82) is 0 Å². The van der Waals surface area contributed by atoms with Crippen LogP contribution in [0.4, 0.5) is 0 Å². The first kappa shape index (κ1) is 14.3. The minimum Gasteiger partial charge on any atom is -0.481 e. The second-order valence-electron chi connectivity index (χ2n) is 5.04. The molecule has 0 radical (unpaired) electrons. The Kier molecular flexibility index (Phi) is 4.11. The summed E-state index contributed by atoms with van der Waals surface area (Å²) < 4.78 is 1.11. The lowest BCUT2D eigenvalue weighted by molar-refractivity contribution is -0.142. The van der Waals surface area contributed by atoms with Gasteiger partial charge in [0.15, 0.2) is 0 Å². The van der Waals surface area contributed by atoms with E-state index in [2.05, 4.69) is 27.4 Å². The van der Waals surface area contributed by atoms with Gasteiger partial charge in [-0.1, -0.05) is 24.3 Å². The summed E-state index contributed by atoms with van der Waals surface area (Å²) >= 11 is 5.16. The van der Waals surface area contributed by atoms with Crippen molar-refractivity contribution >= 4 is 33.2 Å². The van der Waals surface area contributed by atoms with E-state index in [1.807, 2.05) is 24.3 Å². The van der Waals surface area contributed by atoms with Crippen molar-refractivity contribution in [2.75, 3.05) is 0 Å². The van der Waals surface area contributed by atoms with Gasteiger partial charge in [0, 0.05) is 21.2 Å². The van der Waals surface area contributed by atoms with E-state index in [-0.39, 0.29) is 0 Å². The first-order valence-corrected chi connectivity index (χ1v) is 7.62. The van der Waals surface area contributed by atoms with Crippen molar-refractivity contribution in [2.45, 2.75) is 25.7 Å². The highest BCUT2D eigenvalue weighted by molar-refractivity contribution is 9.10. The van der Waals surface area contributed by atoms with E-state index in [4.69, 9.17) is 0 Å². The molecule has 0 unspecified atom stereocenters. The molecule has 1 N–H and O–H groups in total. The minimum atomic E-state index is -0.843. The molecule has 0 spiro atoms. The molecule has 0 aliphatic heterocycles. The average molecular weight is 339 g/mol. The van der Waals surface area contributed by atoms with Crippen LogP contribution in [-0.2, 0) is 16.6 Å². The molecule has 0 fully saturated rings. The lowest BCUT2D eigenvalue weighted by atomic mass is 9.84. The molecule has 100 valence electrons. The summed E-state index contributed by atoms with van der Waals surface area (Å²) in [6.07, 6.45) is 0.879. The van der Waals surface area contributed by atoms with E-state index in [1.54, 1.807) is 25.2 Å². The number of benzene rings is 1. The first-order chi connectivity index (χ1) is 8.89. The second kappa shape index (κ2) is 5.47. The summed E-state index contributed by atoms with van der Waals surface area (Å²) in [5.74, 6) is -0.803. The summed E-state index contributed by atoms with van der Waals surface area (Å²) in [4.78, 5) is 12.5. The molecule has 0 aliphatic carbocycles. The van der Waals surface area contributed by atoms with Crippen LogP contribution in [0.2, 0.25) is 0 Å². The average Bonchev–Trinajstić information content (AvgIpc) is 2.75. The van der Waals surface area contributed by atoms with Crippen molar-refractivity contribution in [3.05, 3.63) is 56.2 Å². The molecular formula is C15H15BrO2S. The molecule has 2 rings (SSSR count). The zero-order valence-corrected chi connectivity index (χ0v) is 13.2. The van der Waals surface area contributed by atoms with E-state index in [0.29, 0.717) is 0 Å². The maximum atomic E-state index is 11.2. The fourth-order valence-electron chi connectivity index (χ4n) is 1.81. The number of aliphatic carboxylic acids is 1. The van der Waals surface area contributed by atoms with E-state index < -0.39 is 11.4 Å². The highest BCUT2D eigenvalue weighted by atomic mass is 79.9. The number of carboxylic acid groups (broad SMARTS) is 1. The number of halogens is 1. The third-order valence-electron chi connectivity index (χ3n) is 3.21. The molecule has 0 bridgehead atoms. The highest BCUT2D eigenvalue weighted by Gasteiger charge is 2.29. The van der Waals surface area contributed by atoms with Crippen molar-refractivity contribution in [2.24, 2.45) is 0 Å². The normalized spacial score (nSPS) is 11.5. The molecule has 0 saturated carbocycles. The van der Waals surface area contributed by atoms with E-state index in [0.717, 1.165) is 16.5 Å². The van der Waals surface area contributed by atoms with Crippen LogP contribution in [-0.4, -0.2) is 11.1 Å². The minimum absolute atomic E-state index is 0.803. The SMILES string of the molecule is CC(C)(C(=O)O)c1ccc(Cc2cc(Br)cs2)cc1. The lowest BCUT2D eigenvalue weighted by Gasteiger charge is -2.19. The third kappa shape index (κ3) is 3.25. The summed E-state index contributed by atoms with van der Waals surface area (Å²) in [7, 11) is 0. The summed E-state index contributed by atoms with van der Waals surface area (Å²) in [6.45, 7) is 3.45. The summed E-state index contributed by atoms with van der Waals surface area (Å²) in [5, 5.41) is 11.3. The van der Waals surface area contributed by atoms with Gasteiger partial charge in [-0.05, 0) is 47.0 Å². The Morgan fingerprint density at radius 3 is 2.42 bits per heavy atom. The molecule has 2 nitrogen and oxygen atoms in total. The third-order valence-corrected chi connectivity index (χ3v) is 4.91. The second-order valence-corrected chi connectivity index (χ2v) is 6.95. The molecular weight excluding hydrogens is 324 g/mol. The smallest absolute Gasteiger partial charge is 0.313 e. The molecule has 1 heterocycles. The summed E-state index contributed by atoms with van der Waals surface area (Å²) in [6, 6.07) is 9.94. The van der Waals surface area contributed by atoms with Crippen LogP contribution in [0.3, 0.4) is 0 Å². The first-order valence-electron chi connectivity index (χ1n) is 5.95. The van der Waals surface area contributed by atoms with Crippen molar-refractivity contribution in [1.82, 2.24) is 0 Å². The Bertz CT molecular complexity index is 584. The molecule has 19 heavy (non-hydrogen) atoms. The Hall–Kier alpha value is -1.13. The highest BCUT2D eigenvalue weighted by Crippen LogP contribution is 2.26. The monoisotopic (exact) mass is 338 g/mol. The van der Waals surface area contributed by atoms with Crippen LogP contribution >= 0.6 is 27.3 Å². The molecule has 0 atom stereocenters. The van der Waals surface area contributed by atoms with Gasteiger partial charge in [0.05, 0.1) is 5.41 Å². The van der Waals surface area contributed by atoms with Gasteiger partial charge < -0.3 is 5.11 Å². The predicted molar refractivity (Wildman–Crippen MR) is 81.9 cm³/mol. The lowest BCUT2D eigenvalue weighted by Crippen LogP contribution is -2.28. The quantitative estimate of drug-likeness (QED) is 0.893. The van der Waals surface area contributed by atoms with Crippen LogP contribution in [0.5, 0.6) is 0 Å². The largest absolute Gasteiger partial charge is 0.481 e. The van der Waals surface area contributed by atoms with Crippen molar-refractivity contribution < 1.29 is 9.90 Å². The fourth-order valence-corrected chi connectivity index (χ4v) is 3.30. The van der Waals surface area contributed by atoms with E-state index in [9.17, 15) is 9.90 Å². The number of rotatable bonds is 4. The Labute approximate surface area is 125 Å². The fraction of sp³-hybridized carbons (Fsp3) is 0.267. The molecule has 1 aromatic heterocycles. The standard InChI is InChI=1S/C15H15BrO2S/c1-15(2,14(17)18)11-5-3-10(4-6-11)7-13-8-12(16)9-19-13/h3-6,8-9H,7H2,1-2H3,(H,17,18). The van der Waals surface area contributed by atoms with Crippen molar-refractivity contribution in [3.63, 3.8) is 0 Å². The van der Waals surface area contributed by atoms with Crippen LogP contribution in [0.25, 0.3) is 0 Å². The number of carboxylic acids is 1. The van der Waals surface area contributed by atoms with Crippen LogP contribution in [0, 0.1) is 0 Å². The van der Waals surface area contributed by atoms with Crippen LogP contribution in [0.15, 0.2) is 40.2 Å². The molecule has 4 heteroatoms. The number of thiophene rings is 1. The number of carbonyl (C=O) groups is 1. The molecule has 0 saturated heterocycles. The maximum absolute atomic E-state index is 11.2. The molecule has 0 amide bonds. The van der Waals surface area contributed by atoms with Crippen LogP contribution in [0.1, 0.15) is 29.9 Å². The zero-order chi connectivity index (χ0) is 14.0. The zero-order valence-electron chi connectivity index (χ0n) is 10.8. The van der Waals surface area contributed by atoms with Gasteiger partial charge in [0.2, 0.25) is 0 Å². The van der Waals surface area contributed by atoms with Gasteiger partial charge in [-0.15, -0.1) is 11.3 Å². The Morgan fingerprint density at radius 1 is 1.32 bits per heavy atom. The molecule has 1 aromatic carbocycles. The van der Waals surface area contributed by atoms with Crippen LogP contribution < -0.4 is 0 Å². The van der Waals surface area contributed by atoms with Gasteiger partial charge in [-0.25, -0.2) is 0 Å². The summed E-state index contributed by atoms with van der Waals surface area (Å²) in [5.41, 5.74) is 1.18. The van der Waals surface area contributed by atoms with Gasteiger partial charge in [0.1, 0.15) is 0 Å². The Morgan fingerprint density at radius 2 is 1.95 bits per heavy atom. The number of hydrogen-bond acceptors (Lipinski definition) is 2. The maximum Gasteiger partial charge on any atom is 0.313 e. The van der Waals surface area contributed by atoms with Gasteiger partial charge >= 0.3 is 5.97 Å². The molecule has 2 aromatic rings. The van der Waals surface area contributed by atoms with Gasteiger partial charge in [0.25, 0.3) is 0 Å². The van der Waals surface area contributed by atoms with Gasteiger partial charge in [-0.2, -0.15) is 0 Å². The predicted octanol–water partition coefficient (Wildman–Crippen LogP) is 4.46. The topological polar surface area (TPSA) is 37.3 Å².